The number of benzene rings is 1. The van der Waals surface area contributed by atoms with Crippen molar-refractivity contribution in [3.05, 3.63) is 48.3 Å². The number of para-hydroxylation sites is 1. The quantitative estimate of drug-likeness (QED) is 0.612. The monoisotopic (exact) mass is 258 g/mol. The number of carbonyl (C=O) groups excluding carboxylic acids is 1. The number of nitrogens with zero attached hydrogens (tertiary/aromatic N) is 2. The van der Waals surface area contributed by atoms with E-state index in [2.05, 4.69) is 12.0 Å². The molecule has 0 bridgehead atoms. The Morgan fingerprint density at radius 2 is 2.05 bits per heavy atom. The van der Waals surface area contributed by atoms with Gasteiger partial charge in [0.2, 0.25) is 0 Å². The predicted molar refractivity (Wildman–Crippen MR) is 72.9 cm³/mol. The number of hydrogen-bond acceptors (Lipinski definition) is 3. The van der Waals surface area contributed by atoms with Crippen molar-refractivity contribution in [2.45, 2.75) is 25.7 Å². The maximum Gasteiger partial charge on any atom is 0.311 e. The van der Waals surface area contributed by atoms with Gasteiger partial charge in [-0.1, -0.05) is 25.1 Å². The summed E-state index contributed by atoms with van der Waals surface area (Å²) in [5.41, 5.74) is 0.940. The average Bonchev–Trinajstić information content (AvgIpc) is 2.83. The number of aromatic nitrogens is 2. The van der Waals surface area contributed by atoms with Crippen LogP contribution in [0.15, 0.2) is 42.6 Å². The first-order valence-electron chi connectivity index (χ1n) is 6.44. The van der Waals surface area contributed by atoms with Gasteiger partial charge in [-0.2, -0.15) is 5.10 Å². The zero-order valence-corrected chi connectivity index (χ0v) is 11.2. The highest BCUT2D eigenvalue weighted by atomic mass is 16.5. The smallest absolute Gasteiger partial charge is 0.311 e. The summed E-state index contributed by atoms with van der Waals surface area (Å²) in [6.07, 6.45) is 3.10. The third-order valence-electron chi connectivity index (χ3n) is 3.03. The number of hydrogen-bond donors (Lipinski definition) is 0. The lowest BCUT2D eigenvalue weighted by Gasteiger charge is -2.11. The van der Waals surface area contributed by atoms with Crippen LogP contribution in [0.3, 0.4) is 0 Å². The lowest BCUT2D eigenvalue weighted by molar-refractivity contribution is -0.134. The molecule has 4 heteroatoms. The summed E-state index contributed by atoms with van der Waals surface area (Å²) in [5, 5.41) is 4.35. The maximum atomic E-state index is 11.9. The van der Waals surface area contributed by atoms with Crippen molar-refractivity contribution in [3.63, 3.8) is 0 Å². The van der Waals surface area contributed by atoms with E-state index in [1.54, 1.807) is 16.8 Å². The van der Waals surface area contributed by atoms with Crippen LogP contribution in [0.5, 0.6) is 5.75 Å². The van der Waals surface area contributed by atoms with E-state index >= 15 is 0 Å². The molecule has 0 N–H and O–H groups in total. The second-order valence-corrected chi connectivity index (χ2v) is 4.51. The Morgan fingerprint density at radius 3 is 2.63 bits per heavy atom. The number of rotatable bonds is 5. The van der Waals surface area contributed by atoms with Gasteiger partial charge in [0, 0.05) is 19.2 Å². The van der Waals surface area contributed by atoms with Crippen LogP contribution in [-0.4, -0.2) is 15.7 Å². The first-order chi connectivity index (χ1) is 9.19. The van der Waals surface area contributed by atoms with Crippen molar-refractivity contribution in [3.8, 4) is 5.75 Å². The Morgan fingerprint density at radius 1 is 1.32 bits per heavy atom. The van der Waals surface area contributed by atoms with Crippen LogP contribution in [0.4, 0.5) is 0 Å². The number of esters is 1. The summed E-state index contributed by atoms with van der Waals surface area (Å²) in [4.78, 5) is 11.9. The van der Waals surface area contributed by atoms with Crippen LogP contribution < -0.4 is 4.74 Å². The lowest BCUT2D eigenvalue weighted by atomic mass is 9.99. The maximum absolute atomic E-state index is 11.9. The molecule has 1 atom stereocenters. The number of aryl methyl sites for hydroxylation is 1. The van der Waals surface area contributed by atoms with Crippen molar-refractivity contribution < 1.29 is 9.53 Å². The van der Waals surface area contributed by atoms with Crippen LogP contribution in [0.1, 0.15) is 31.4 Å². The molecule has 0 saturated heterocycles. The molecule has 1 heterocycles. The van der Waals surface area contributed by atoms with Gasteiger partial charge in [-0.25, -0.2) is 0 Å². The second-order valence-electron chi connectivity index (χ2n) is 4.51. The van der Waals surface area contributed by atoms with Gasteiger partial charge in [-0.05, 0) is 24.6 Å². The first kappa shape index (κ1) is 13.3. The Balaban J connectivity index is 1.97. The zero-order valence-electron chi connectivity index (χ0n) is 11.2. The fourth-order valence-corrected chi connectivity index (χ4v) is 1.97. The van der Waals surface area contributed by atoms with Crippen molar-refractivity contribution >= 4 is 5.97 Å². The summed E-state index contributed by atoms with van der Waals surface area (Å²) >= 11 is 0. The molecule has 19 heavy (non-hydrogen) atoms. The van der Waals surface area contributed by atoms with E-state index in [-0.39, 0.29) is 11.9 Å². The summed E-state index contributed by atoms with van der Waals surface area (Å²) in [6, 6.07) is 11.1. The second kappa shape index (κ2) is 6.18. The van der Waals surface area contributed by atoms with Crippen molar-refractivity contribution in [1.82, 2.24) is 9.78 Å². The fraction of sp³-hybridized carbons (Fsp3) is 0.333. The van der Waals surface area contributed by atoms with Crippen LogP contribution >= 0.6 is 0 Å². The highest BCUT2D eigenvalue weighted by Crippen LogP contribution is 2.22. The van der Waals surface area contributed by atoms with E-state index in [0.29, 0.717) is 12.2 Å². The van der Waals surface area contributed by atoms with E-state index in [9.17, 15) is 4.79 Å². The van der Waals surface area contributed by atoms with Crippen LogP contribution in [0, 0.1) is 0 Å². The molecule has 0 amide bonds. The minimum Gasteiger partial charge on any atom is -0.427 e. The fourth-order valence-electron chi connectivity index (χ4n) is 1.97. The SMILES string of the molecule is CC[C@@H](CC(=O)Oc1ccccc1)c1ccn(C)n1. The molecule has 0 spiro atoms. The molecule has 4 nitrogen and oxygen atoms in total. The van der Waals surface area contributed by atoms with Crippen molar-refractivity contribution in [2.75, 3.05) is 0 Å². The third-order valence-corrected chi connectivity index (χ3v) is 3.03. The Labute approximate surface area is 113 Å². The van der Waals surface area contributed by atoms with E-state index in [0.717, 1.165) is 12.1 Å². The highest BCUT2D eigenvalue weighted by Gasteiger charge is 2.18. The molecule has 0 aliphatic heterocycles. The van der Waals surface area contributed by atoms with Crippen molar-refractivity contribution in [1.29, 1.82) is 0 Å². The van der Waals surface area contributed by atoms with E-state index in [4.69, 9.17) is 4.74 Å². The minimum absolute atomic E-state index is 0.109. The van der Waals surface area contributed by atoms with E-state index < -0.39 is 0 Å². The molecule has 0 aliphatic carbocycles. The van der Waals surface area contributed by atoms with Crippen LogP contribution in [0.2, 0.25) is 0 Å². The topological polar surface area (TPSA) is 44.1 Å². The highest BCUT2D eigenvalue weighted by molar-refractivity contribution is 5.73. The minimum atomic E-state index is -0.219. The molecular weight excluding hydrogens is 240 g/mol. The first-order valence-corrected chi connectivity index (χ1v) is 6.44. The van der Waals surface area contributed by atoms with Crippen LogP contribution in [0.25, 0.3) is 0 Å². The van der Waals surface area contributed by atoms with Crippen molar-refractivity contribution in [2.24, 2.45) is 7.05 Å². The van der Waals surface area contributed by atoms with E-state index in [1.807, 2.05) is 37.5 Å². The van der Waals surface area contributed by atoms with Gasteiger partial charge in [0.25, 0.3) is 0 Å². The number of ether oxygens (including phenoxy) is 1. The summed E-state index contributed by atoms with van der Waals surface area (Å²) in [7, 11) is 1.87. The molecule has 2 aromatic rings. The molecule has 0 saturated carbocycles. The van der Waals surface area contributed by atoms with E-state index in [1.165, 1.54) is 0 Å². The Bertz CT molecular complexity index is 534. The van der Waals surface area contributed by atoms with Gasteiger partial charge in [0.15, 0.2) is 0 Å². The molecular formula is C15H18N2O2. The lowest BCUT2D eigenvalue weighted by Crippen LogP contribution is -2.13. The Hall–Kier alpha value is -2.10. The molecule has 1 aromatic carbocycles. The van der Waals surface area contributed by atoms with Gasteiger partial charge in [-0.3, -0.25) is 9.48 Å². The molecule has 100 valence electrons. The molecule has 0 radical (unpaired) electrons. The molecule has 0 fully saturated rings. The number of carbonyl (C=O) groups is 1. The summed E-state index contributed by atoms with van der Waals surface area (Å²) in [6.45, 7) is 2.05. The zero-order chi connectivity index (χ0) is 13.7. The summed E-state index contributed by atoms with van der Waals surface area (Å²) in [5.74, 6) is 0.476. The Kier molecular flexibility index (Phi) is 4.34. The molecule has 1 aromatic heterocycles. The summed E-state index contributed by atoms with van der Waals surface area (Å²) < 4.78 is 7.05. The van der Waals surface area contributed by atoms with Gasteiger partial charge < -0.3 is 4.74 Å². The average molecular weight is 258 g/mol. The third kappa shape index (κ3) is 3.68. The van der Waals surface area contributed by atoms with Crippen LogP contribution in [-0.2, 0) is 11.8 Å². The standard InChI is InChI=1S/C15H18N2O2/c1-3-12(14-9-10-17(2)16-14)11-15(18)19-13-7-5-4-6-8-13/h4-10,12H,3,11H2,1-2H3/t12-/m0/s1. The molecule has 0 unspecified atom stereocenters. The van der Waals surface area contributed by atoms with Gasteiger partial charge in [0.05, 0.1) is 12.1 Å². The van der Waals surface area contributed by atoms with Gasteiger partial charge in [0.1, 0.15) is 5.75 Å². The predicted octanol–water partition coefficient (Wildman–Crippen LogP) is 2.91. The normalized spacial score (nSPS) is 12.1. The molecule has 0 aliphatic rings. The largest absolute Gasteiger partial charge is 0.427 e. The van der Waals surface area contributed by atoms with Gasteiger partial charge >= 0.3 is 5.97 Å². The molecule has 2 rings (SSSR count). The van der Waals surface area contributed by atoms with Gasteiger partial charge in [-0.15, -0.1) is 0 Å².